The molecule has 0 rings (SSSR count). The number of aliphatic hydroxyl groups excluding tert-OH is 1. The highest BCUT2D eigenvalue weighted by molar-refractivity contribution is 7.47. The van der Waals surface area contributed by atoms with Crippen LogP contribution < -0.4 is 5.32 Å². The van der Waals surface area contributed by atoms with E-state index in [0.29, 0.717) is 23.9 Å². The van der Waals surface area contributed by atoms with Gasteiger partial charge in [-0.25, -0.2) is 4.57 Å². The molecular weight excluding hydrogens is 1010 g/mol. The second-order valence-corrected chi connectivity index (χ2v) is 28.1. The summed E-state index contributed by atoms with van der Waals surface area (Å²) in [6.07, 6.45) is 79.3. The van der Waals surface area contributed by atoms with Gasteiger partial charge in [0.25, 0.3) is 0 Å². The quantitative estimate of drug-likeness (QED) is 0.0318. The maximum absolute atomic E-state index is 13.1. The Bertz CT molecular complexity index is 1260. The minimum atomic E-state index is -4.33. The molecule has 0 heterocycles. The first kappa shape index (κ1) is 79.5. The van der Waals surface area contributed by atoms with Gasteiger partial charge >= 0.3 is 7.82 Å². The number of quaternary nitrogens is 1. The van der Waals surface area contributed by atoms with E-state index in [1.54, 1.807) is 0 Å². The van der Waals surface area contributed by atoms with Crippen LogP contribution in [0.2, 0.25) is 0 Å². The Morgan fingerprint density at radius 1 is 0.375 bits per heavy atom. The van der Waals surface area contributed by atoms with Crippen LogP contribution in [-0.2, 0) is 18.4 Å². The Kier molecular flexibility index (Phi) is 62.6. The Hall–Kier alpha value is -0.500. The van der Waals surface area contributed by atoms with Gasteiger partial charge in [-0.3, -0.25) is 13.8 Å². The van der Waals surface area contributed by atoms with E-state index in [1.165, 1.54) is 334 Å². The van der Waals surface area contributed by atoms with Crippen molar-refractivity contribution in [3.8, 4) is 0 Å². The second-order valence-electron chi connectivity index (χ2n) is 26.7. The second kappa shape index (κ2) is 63.0. The fourth-order valence-electron chi connectivity index (χ4n) is 11.7. The van der Waals surface area contributed by atoms with Crippen LogP contribution in [0.5, 0.6) is 0 Å². The highest BCUT2D eigenvalue weighted by Crippen LogP contribution is 2.43. The molecule has 9 heteroatoms. The lowest BCUT2D eigenvalue weighted by atomic mass is 10.0. The third-order valence-corrected chi connectivity index (χ3v) is 18.3. The Balaban J connectivity index is 3.96. The number of carbonyl (C=O) groups excluding carboxylic acids is 1. The number of nitrogens with zero attached hydrogens (tertiary/aromatic N) is 1. The number of unbranched alkanes of at least 4 members (excludes halogenated alkanes) is 56. The van der Waals surface area contributed by atoms with Gasteiger partial charge in [0.1, 0.15) is 13.2 Å². The van der Waals surface area contributed by atoms with Crippen LogP contribution in [0.25, 0.3) is 0 Å². The molecule has 0 bridgehead atoms. The molecule has 0 aliphatic heterocycles. The van der Waals surface area contributed by atoms with Crippen molar-refractivity contribution in [2.75, 3.05) is 40.9 Å². The lowest BCUT2D eigenvalue weighted by molar-refractivity contribution is -0.870. The van der Waals surface area contributed by atoms with E-state index in [2.05, 4.69) is 19.2 Å². The summed E-state index contributed by atoms with van der Waals surface area (Å²) in [7, 11) is 1.64. The van der Waals surface area contributed by atoms with Gasteiger partial charge in [-0.1, -0.05) is 380 Å². The number of phosphoric ester groups is 1. The van der Waals surface area contributed by atoms with Crippen molar-refractivity contribution in [2.45, 2.75) is 411 Å². The van der Waals surface area contributed by atoms with Crippen molar-refractivity contribution in [1.82, 2.24) is 5.32 Å². The van der Waals surface area contributed by atoms with Gasteiger partial charge in [-0.2, -0.15) is 0 Å². The fourth-order valence-corrected chi connectivity index (χ4v) is 12.4. The van der Waals surface area contributed by atoms with Gasteiger partial charge < -0.3 is 19.8 Å². The monoisotopic (exact) mass is 1150 g/mol. The molecule has 0 aromatic carbocycles. The van der Waals surface area contributed by atoms with Crippen molar-refractivity contribution < 1.29 is 32.9 Å². The van der Waals surface area contributed by atoms with Crippen LogP contribution in [0, 0.1) is 0 Å². The number of carbonyl (C=O) groups is 1. The van der Waals surface area contributed by atoms with Gasteiger partial charge in [-0.15, -0.1) is 0 Å². The third-order valence-electron chi connectivity index (χ3n) is 17.4. The predicted molar refractivity (Wildman–Crippen MR) is 351 cm³/mol. The topological polar surface area (TPSA) is 105 Å². The van der Waals surface area contributed by atoms with E-state index in [-0.39, 0.29) is 19.1 Å². The molecule has 480 valence electrons. The first-order valence-electron chi connectivity index (χ1n) is 36.4. The molecule has 0 aromatic rings. The summed E-state index contributed by atoms with van der Waals surface area (Å²) in [6, 6.07) is -0.757. The first-order chi connectivity index (χ1) is 39.0. The van der Waals surface area contributed by atoms with Crippen LogP contribution in [0.1, 0.15) is 399 Å². The average Bonchev–Trinajstić information content (AvgIpc) is 3.42. The number of amides is 1. The highest BCUT2D eigenvalue weighted by atomic mass is 31.2. The summed E-state index contributed by atoms with van der Waals surface area (Å²) in [4.78, 5) is 23.5. The molecule has 0 fully saturated rings. The number of hydrogen-bond acceptors (Lipinski definition) is 5. The molecule has 3 N–H and O–H groups in total. The predicted octanol–water partition coefficient (Wildman–Crippen LogP) is 23.1. The Morgan fingerprint density at radius 2 is 0.600 bits per heavy atom. The van der Waals surface area contributed by atoms with E-state index in [1.807, 2.05) is 21.1 Å². The fraction of sp³-hybridized carbons (Fsp3) is 0.986. The molecule has 8 nitrogen and oxygen atoms in total. The van der Waals surface area contributed by atoms with E-state index in [0.717, 1.165) is 38.5 Å². The van der Waals surface area contributed by atoms with Gasteiger partial charge in [0.2, 0.25) is 5.91 Å². The highest BCUT2D eigenvalue weighted by Gasteiger charge is 2.28. The molecule has 3 unspecified atom stereocenters. The number of aliphatic hydroxyl groups is 1. The average molecular weight is 1150 g/mol. The zero-order valence-corrected chi connectivity index (χ0v) is 56.0. The lowest BCUT2D eigenvalue weighted by Crippen LogP contribution is -2.46. The van der Waals surface area contributed by atoms with Crippen LogP contribution >= 0.6 is 7.82 Å². The van der Waals surface area contributed by atoms with Crippen molar-refractivity contribution in [2.24, 2.45) is 0 Å². The van der Waals surface area contributed by atoms with Crippen molar-refractivity contribution in [3.63, 3.8) is 0 Å². The minimum Gasteiger partial charge on any atom is -0.391 e. The Labute approximate surface area is 501 Å². The molecule has 0 aliphatic carbocycles. The minimum absolute atomic E-state index is 0.0795. The molecule has 0 radical (unpaired) electrons. The van der Waals surface area contributed by atoms with E-state index >= 15 is 0 Å². The van der Waals surface area contributed by atoms with Crippen LogP contribution in [0.15, 0.2) is 0 Å². The number of likely N-dealkylation sites (N-methyl/N-ethyl adjacent to an activating group) is 1. The third kappa shape index (κ3) is 65.1. The molecule has 3 atom stereocenters. The standard InChI is InChI=1S/C71H145N2O6P/c1-6-8-10-12-14-16-18-20-22-24-26-28-30-32-34-36-38-40-42-44-46-48-50-52-54-56-58-60-62-64-70(74)69(68-79-80(76,77)78-67-66-73(3,4)5)72-71(75)65-63-61-59-57-55-53-51-49-47-45-43-41-39-37-35-33-31-29-27-25-23-21-19-17-15-13-11-9-7-2/h69-70,74H,6-68H2,1-5H3,(H-,72,75,76,77)/p+1. The van der Waals surface area contributed by atoms with E-state index < -0.39 is 20.0 Å². The molecule has 0 spiro atoms. The summed E-state index contributed by atoms with van der Waals surface area (Å²) in [5.74, 6) is -0.132. The van der Waals surface area contributed by atoms with Crippen LogP contribution in [0.4, 0.5) is 0 Å². The number of nitrogens with one attached hydrogen (secondary N) is 1. The zero-order chi connectivity index (χ0) is 58.4. The smallest absolute Gasteiger partial charge is 0.391 e. The number of phosphoric acid groups is 1. The maximum Gasteiger partial charge on any atom is 0.472 e. The van der Waals surface area contributed by atoms with Crippen molar-refractivity contribution in [1.29, 1.82) is 0 Å². The van der Waals surface area contributed by atoms with Gasteiger partial charge in [0, 0.05) is 6.42 Å². The lowest BCUT2D eigenvalue weighted by Gasteiger charge is -2.26. The largest absolute Gasteiger partial charge is 0.472 e. The van der Waals surface area contributed by atoms with Gasteiger partial charge in [0.15, 0.2) is 0 Å². The summed E-state index contributed by atoms with van der Waals surface area (Å²) in [5.41, 5.74) is 0. The number of hydrogen-bond donors (Lipinski definition) is 3. The molecule has 0 aliphatic rings. The SMILES string of the molecule is CCCCCCCCCCCCCCCCCCCCCCCCCCCCCCCC(=O)NC(COP(=O)(O)OCC[N+](C)(C)C)C(O)CCCCCCCCCCCCCCCCCCCCCCCCCCCCCCC. The summed E-state index contributed by atoms with van der Waals surface area (Å²) >= 11 is 0. The molecule has 0 aromatic heterocycles. The number of rotatable bonds is 69. The summed E-state index contributed by atoms with van der Waals surface area (Å²) < 4.78 is 23.9. The molecule has 0 saturated carbocycles. The van der Waals surface area contributed by atoms with Crippen LogP contribution in [-0.4, -0.2) is 73.4 Å². The van der Waals surface area contributed by atoms with E-state index in [4.69, 9.17) is 9.05 Å². The van der Waals surface area contributed by atoms with Gasteiger partial charge in [0.05, 0.1) is 39.9 Å². The molecule has 80 heavy (non-hydrogen) atoms. The normalized spacial score (nSPS) is 13.5. The van der Waals surface area contributed by atoms with Crippen molar-refractivity contribution in [3.05, 3.63) is 0 Å². The van der Waals surface area contributed by atoms with Gasteiger partial charge in [-0.05, 0) is 12.8 Å². The van der Waals surface area contributed by atoms with E-state index in [9.17, 15) is 19.4 Å². The summed E-state index contributed by atoms with van der Waals surface area (Å²) in [6.45, 7) is 4.97. The summed E-state index contributed by atoms with van der Waals surface area (Å²) in [5, 5.41) is 14.2. The Morgan fingerprint density at radius 3 is 0.838 bits per heavy atom. The molecular formula is C71H146N2O6P+. The molecule has 1 amide bonds. The van der Waals surface area contributed by atoms with Crippen LogP contribution in [0.3, 0.4) is 0 Å². The van der Waals surface area contributed by atoms with Crippen molar-refractivity contribution >= 4 is 13.7 Å². The maximum atomic E-state index is 13.1. The first-order valence-corrected chi connectivity index (χ1v) is 37.9. The molecule has 0 saturated heterocycles. The zero-order valence-electron chi connectivity index (χ0n) is 55.1.